The molecule has 0 saturated heterocycles. The molecule has 0 amide bonds. The fourth-order valence-electron chi connectivity index (χ4n) is 1.93. The molecular formula is C14H13N3O3S. The highest BCUT2D eigenvalue weighted by Gasteiger charge is 2.19. The predicted octanol–water partition coefficient (Wildman–Crippen LogP) is 2.01. The van der Waals surface area contributed by atoms with Gasteiger partial charge in [-0.05, 0) is 19.1 Å². The first-order valence-corrected chi connectivity index (χ1v) is 7.80. The van der Waals surface area contributed by atoms with E-state index in [9.17, 15) is 8.42 Å². The van der Waals surface area contributed by atoms with Crippen LogP contribution in [0.4, 0.5) is 0 Å². The smallest absolute Gasteiger partial charge is 0.274 e. The van der Waals surface area contributed by atoms with Crippen molar-refractivity contribution < 1.29 is 12.8 Å². The van der Waals surface area contributed by atoms with Crippen LogP contribution in [-0.4, -0.2) is 18.4 Å². The van der Waals surface area contributed by atoms with Crippen LogP contribution < -0.4 is 4.72 Å². The Balaban J connectivity index is 1.83. The Labute approximate surface area is 121 Å². The average Bonchev–Trinajstić information content (AvgIpc) is 2.90. The maximum atomic E-state index is 12.2. The van der Waals surface area contributed by atoms with E-state index in [0.717, 1.165) is 5.39 Å². The third kappa shape index (κ3) is 2.93. The van der Waals surface area contributed by atoms with Crippen LogP contribution in [0.2, 0.25) is 0 Å². The number of aryl methyl sites for hydroxylation is 1. The molecule has 0 unspecified atom stereocenters. The van der Waals surface area contributed by atoms with Crippen molar-refractivity contribution in [1.82, 2.24) is 14.7 Å². The zero-order valence-electron chi connectivity index (χ0n) is 11.3. The molecule has 2 aromatic heterocycles. The third-order valence-electron chi connectivity index (χ3n) is 2.94. The van der Waals surface area contributed by atoms with Crippen LogP contribution in [0.5, 0.6) is 0 Å². The second kappa shape index (κ2) is 5.27. The topological polar surface area (TPSA) is 85.1 Å². The van der Waals surface area contributed by atoms with E-state index in [1.807, 2.05) is 6.07 Å². The SMILES string of the molecule is Cc1nccc(CNS(=O)(=O)c2cc3ccccc3o2)n1. The van der Waals surface area contributed by atoms with E-state index in [0.29, 0.717) is 17.1 Å². The van der Waals surface area contributed by atoms with Gasteiger partial charge in [-0.1, -0.05) is 18.2 Å². The molecule has 0 radical (unpaired) electrons. The van der Waals surface area contributed by atoms with Crippen LogP contribution >= 0.6 is 0 Å². The maximum Gasteiger partial charge on any atom is 0.274 e. The molecule has 0 bridgehead atoms. The highest BCUT2D eigenvalue weighted by molar-refractivity contribution is 7.89. The lowest BCUT2D eigenvalue weighted by Gasteiger charge is -2.03. The lowest BCUT2D eigenvalue weighted by molar-refractivity contribution is 0.475. The van der Waals surface area contributed by atoms with Gasteiger partial charge in [0.25, 0.3) is 10.0 Å². The Hall–Kier alpha value is -2.25. The first-order chi connectivity index (χ1) is 10.0. The van der Waals surface area contributed by atoms with Gasteiger partial charge in [-0.3, -0.25) is 0 Å². The van der Waals surface area contributed by atoms with Crippen molar-refractivity contribution in [3.8, 4) is 0 Å². The summed E-state index contributed by atoms with van der Waals surface area (Å²) in [5.74, 6) is 0.593. The summed E-state index contributed by atoms with van der Waals surface area (Å²) in [6, 6.07) is 10.3. The molecule has 3 aromatic rings. The van der Waals surface area contributed by atoms with Crippen molar-refractivity contribution in [3.63, 3.8) is 0 Å². The van der Waals surface area contributed by atoms with Crippen molar-refractivity contribution in [2.45, 2.75) is 18.6 Å². The van der Waals surface area contributed by atoms with Gasteiger partial charge in [0.15, 0.2) is 0 Å². The summed E-state index contributed by atoms with van der Waals surface area (Å²) in [4.78, 5) is 8.11. The number of fused-ring (bicyclic) bond motifs is 1. The van der Waals surface area contributed by atoms with E-state index < -0.39 is 10.0 Å². The van der Waals surface area contributed by atoms with Crippen LogP contribution in [0.3, 0.4) is 0 Å². The number of aromatic nitrogens is 2. The molecule has 7 heteroatoms. The second-order valence-corrected chi connectivity index (χ2v) is 6.22. The quantitative estimate of drug-likeness (QED) is 0.797. The van der Waals surface area contributed by atoms with Gasteiger partial charge in [0.1, 0.15) is 11.4 Å². The van der Waals surface area contributed by atoms with E-state index >= 15 is 0 Å². The molecule has 1 N–H and O–H groups in total. The lowest BCUT2D eigenvalue weighted by Crippen LogP contribution is -2.23. The normalized spacial score (nSPS) is 11.9. The van der Waals surface area contributed by atoms with Gasteiger partial charge in [-0.2, -0.15) is 0 Å². The summed E-state index contributed by atoms with van der Waals surface area (Å²) in [7, 11) is -3.71. The Bertz CT molecular complexity index is 854. The Morgan fingerprint density at radius 2 is 2.05 bits per heavy atom. The van der Waals surface area contributed by atoms with Gasteiger partial charge in [0, 0.05) is 17.6 Å². The predicted molar refractivity (Wildman–Crippen MR) is 77.0 cm³/mol. The number of sulfonamides is 1. The molecule has 0 aliphatic carbocycles. The number of nitrogens with zero attached hydrogens (tertiary/aromatic N) is 2. The van der Waals surface area contributed by atoms with Crippen molar-refractivity contribution in [1.29, 1.82) is 0 Å². The van der Waals surface area contributed by atoms with Gasteiger partial charge in [0.2, 0.25) is 5.09 Å². The van der Waals surface area contributed by atoms with E-state index in [4.69, 9.17) is 4.42 Å². The summed E-state index contributed by atoms with van der Waals surface area (Å²) < 4.78 is 32.3. The second-order valence-electron chi connectivity index (χ2n) is 4.52. The van der Waals surface area contributed by atoms with E-state index in [-0.39, 0.29) is 11.6 Å². The van der Waals surface area contributed by atoms with Crippen molar-refractivity contribution in [2.24, 2.45) is 0 Å². The standard InChI is InChI=1S/C14H13N3O3S/c1-10-15-7-6-12(17-10)9-16-21(18,19)14-8-11-4-2-3-5-13(11)20-14/h2-8,16H,9H2,1H3. The maximum absolute atomic E-state index is 12.2. The third-order valence-corrected chi connectivity index (χ3v) is 4.20. The molecule has 6 nitrogen and oxygen atoms in total. The van der Waals surface area contributed by atoms with Crippen LogP contribution in [0, 0.1) is 6.92 Å². The zero-order valence-corrected chi connectivity index (χ0v) is 12.1. The summed E-state index contributed by atoms with van der Waals surface area (Å²) in [6.45, 7) is 1.83. The van der Waals surface area contributed by atoms with Crippen molar-refractivity contribution >= 4 is 21.0 Å². The molecule has 2 heterocycles. The largest absolute Gasteiger partial charge is 0.443 e. The van der Waals surface area contributed by atoms with E-state index in [2.05, 4.69) is 14.7 Å². The van der Waals surface area contributed by atoms with Crippen molar-refractivity contribution in [2.75, 3.05) is 0 Å². The number of rotatable bonds is 4. The summed E-state index contributed by atoms with van der Waals surface area (Å²) >= 11 is 0. The number of hydrogen-bond donors (Lipinski definition) is 1. The van der Waals surface area contributed by atoms with Crippen LogP contribution in [0.1, 0.15) is 11.5 Å². The molecule has 0 saturated carbocycles. The fourth-order valence-corrected chi connectivity index (χ4v) is 2.90. The van der Waals surface area contributed by atoms with Crippen LogP contribution in [0.15, 0.2) is 52.1 Å². The minimum Gasteiger partial charge on any atom is -0.443 e. The first kappa shape index (κ1) is 13.7. The number of nitrogens with one attached hydrogen (secondary N) is 1. The molecule has 1 aromatic carbocycles. The Kier molecular flexibility index (Phi) is 3.44. The molecule has 21 heavy (non-hydrogen) atoms. The average molecular weight is 303 g/mol. The highest BCUT2D eigenvalue weighted by atomic mass is 32.2. The fraction of sp³-hybridized carbons (Fsp3) is 0.143. The molecule has 0 spiro atoms. The molecule has 0 atom stereocenters. The monoisotopic (exact) mass is 303 g/mol. The summed E-state index contributed by atoms with van der Waals surface area (Å²) in [6.07, 6.45) is 1.59. The van der Waals surface area contributed by atoms with Crippen molar-refractivity contribution in [3.05, 3.63) is 54.1 Å². The summed E-state index contributed by atoms with van der Waals surface area (Å²) in [5.41, 5.74) is 1.14. The Morgan fingerprint density at radius 1 is 1.24 bits per heavy atom. The van der Waals surface area contributed by atoms with Crippen LogP contribution in [-0.2, 0) is 16.6 Å². The van der Waals surface area contributed by atoms with Gasteiger partial charge >= 0.3 is 0 Å². The van der Waals surface area contributed by atoms with Gasteiger partial charge < -0.3 is 4.42 Å². The molecule has 0 aliphatic heterocycles. The highest BCUT2D eigenvalue weighted by Crippen LogP contribution is 2.22. The van der Waals surface area contributed by atoms with Crippen LogP contribution in [0.25, 0.3) is 11.0 Å². The Morgan fingerprint density at radius 3 is 2.81 bits per heavy atom. The van der Waals surface area contributed by atoms with E-state index in [1.165, 1.54) is 6.07 Å². The molecule has 3 rings (SSSR count). The lowest BCUT2D eigenvalue weighted by atomic mass is 10.3. The zero-order chi connectivity index (χ0) is 14.9. The number of para-hydroxylation sites is 1. The number of furan rings is 1. The molecule has 0 fully saturated rings. The molecular weight excluding hydrogens is 290 g/mol. The molecule has 108 valence electrons. The van der Waals surface area contributed by atoms with Gasteiger partial charge in [-0.25, -0.2) is 23.1 Å². The van der Waals surface area contributed by atoms with E-state index in [1.54, 1.807) is 37.4 Å². The van der Waals surface area contributed by atoms with Gasteiger partial charge in [-0.15, -0.1) is 0 Å². The first-order valence-electron chi connectivity index (χ1n) is 6.31. The minimum absolute atomic E-state index is 0.0861. The summed E-state index contributed by atoms with van der Waals surface area (Å²) in [5, 5.41) is 0.644. The number of hydrogen-bond acceptors (Lipinski definition) is 5. The van der Waals surface area contributed by atoms with Gasteiger partial charge in [0.05, 0.1) is 12.2 Å². The molecule has 0 aliphatic rings. The minimum atomic E-state index is -3.71. The number of benzene rings is 1.